The number of ether oxygens (including phenoxy) is 2. The van der Waals surface area contributed by atoms with E-state index in [0.29, 0.717) is 0 Å². The number of fused-ring (bicyclic) bond motifs is 1. The van der Waals surface area contributed by atoms with Crippen LogP contribution in [-0.4, -0.2) is 14.2 Å². The Morgan fingerprint density at radius 2 is 1.70 bits per heavy atom. The van der Waals surface area contributed by atoms with Crippen molar-refractivity contribution in [3.8, 4) is 11.5 Å². The summed E-state index contributed by atoms with van der Waals surface area (Å²) in [5.74, 6) is 1.80. The lowest BCUT2D eigenvalue weighted by molar-refractivity contribution is 0.408. The first-order valence-electron chi connectivity index (χ1n) is 7.70. The van der Waals surface area contributed by atoms with E-state index in [4.69, 9.17) is 9.47 Å². The van der Waals surface area contributed by atoms with Crippen molar-refractivity contribution in [3.63, 3.8) is 0 Å². The molecule has 1 N–H and O–H groups in total. The molecule has 0 spiro atoms. The number of hydrogen-bond donors (Lipinski definition) is 1. The molecule has 3 aromatic rings. The molecule has 0 heterocycles. The predicted octanol–water partition coefficient (Wildman–Crippen LogP) is 4.15. The maximum absolute atomic E-state index is 5.53. The fraction of sp³-hybridized carbons (Fsp3) is 0.200. The van der Waals surface area contributed by atoms with E-state index in [2.05, 4.69) is 41.7 Å². The van der Waals surface area contributed by atoms with Gasteiger partial charge in [-0.3, -0.25) is 0 Å². The van der Waals surface area contributed by atoms with E-state index >= 15 is 0 Å². The van der Waals surface area contributed by atoms with Crippen LogP contribution in [0.4, 0.5) is 0 Å². The van der Waals surface area contributed by atoms with Gasteiger partial charge in [-0.05, 0) is 34.5 Å². The Bertz CT molecular complexity index is 799. The van der Waals surface area contributed by atoms with Crippen LogP contribution in [0.5, 0.6) is 11.5 Å². The van der Waals surface area contributed by atoms with Gasteiger partial charge in [0.2, 0.25) is 0 Å². The standard InChI is InChI=1S/C20H21NO2/c1-22-17-8-5-6-15(12-17)13-21-14-19-18-9-4-3-7-16(18)10-11-20(19)23-2/h3-12,21H,13-14H2,1-2H3. The summed E-state index contributed by atoms with van der Waals surface area (Å²) in [6.07, 6.45) is 0. The first-order chi connectivity index (χ1) is 11.3. The highest BCUT2D eigenvalue weighted by Gasteiger charge is 2.07. The minimum absolute atomic E-state index is 0.752. The maximum atomic E-state index is 5.53. The van der Waals surface area contributed by atoms with E-state index in [1.165, 1.54) is 21.9 Å². The van der Waals surface area contributed by atoms with Gasteiger partial charge < -0.3 is 14.8 Å². The van der Waals surface area contributed by atoms with Gasteiger partial charge in [-0.25, -0.2) is 0 Å². The molecular formula is C20H21NO2. The second-order valence-corrected chi connectivity index (χ2v) is 5.42. The summed E-state index contributed by atoms with van der Waals surface area (Å²) in [5, 5.41) is 5.96. The Morgan fingerprint density at radius 3 is 2.52 bits per heavy atom. The van der Waals surface area contributed by atoms with E-state index < -0.39 is 0 Å². The van der Waals surface area contributed by atoms with Gasteiger partial charge in [-0.2, -0.15) is 0 Å². The minimum Gasteiger partial charge on any atom is -0.497 e. The molecule has 0 aromatic heterocycles. The van der Waals surface area contributed by atoms with Gasteiger partial charge in [0.05, 0.1) is 14.2 Å². The highest BCUT2D eigenvalue weighted by atomic mass is 16.5. The maximum Gasteiger partial charge on any atom is 0.123 e. The normalized spacial score (nSPS) is 10.7. The third-order valence-electron chi connectivity index (χ3n) is 3.98. The van der Waals surface area contributed by atoms with E-state index in [-0.39, 0.29) is 0 Å². The molecule has 0 atom stereocenters. The summed E-state index contributed by atoms with van der Waals surface area (Å²) in [4.78, 5) is 0. The summed E-state index contributed by atoms with van der Waals surface area (Å²) >= 11 is 0. The van der Waals surface area contributed by atoms with Gasteiger partial charge in [0.15, 0.2) is 0 Å². The zero-order chi connectivity index (χ0) is 16.1. The van der Waals surface area contributed by atoms with Crippen LogP contribution in [0.3, 0.4) is 0 Å². The Kier molecular flexibility index (Phi) is 4.79. The molecular weight excluding hydrogens is 286 g/mol. The van der Waals surface area contributed by atoms with Gasteiger partial charge in [0, 0.05) is 18.7 Å². The van der Waals surface area contributed by atoms with Crippen molar-refractivity contribution in [3.05, 3.63) is 71.8 Å². The van der Waals surface area contributed by atoms with Crippen molar-refractivity contribution in [2.45, 2.75) is 13.1 Å². The molecule has 0 fully saturated rings. The molecule has 118 valence electrons. The Balaban J connectivity index is 1.78. The number of benzene rings is 3. The molecule has 23 heavy (non-hydrogen) atoms. The minimum atomic E-state index is 0.752. The van der Waals surface area contributed by atoms with E-state index in [1.54, 1.807) is 14.2 Å². The molecule has 0 unspecified atom stereocenters. The zero-order valence-electron chi connectivity index (χ0n) is 13.5. The lowest BCUT2D eigenvalue weighted by Gasteiger charge is -2.13. The average Bonchev–Trinajstić information content (AvgIpc) is 2.62. The highest BCUT2D eigenvalue weighted by molar-refractivity contribution is 5.87. The van der Waals surface area contributed by atoms with Crippen LogP contribution in [-0.2, 0) is 13.1 Å². The molecule has 0 saturated carbocycles. The largest absolute Gasteiger partial charge is 0.497 e. The molecule has 3 nitrogen and oxygen atoms in total. The molecule has 0 saturated heterocycles. The molecule has 0 aliphatic carbocycles. The first kappa shape index (κ1) is 15.4. The monoisotopic (exact) mass is 307 g/mol. The van der Waals surface area contributed by atoms with Crippen LogP contribution < -0.4 is 14.8 Å². The van der Waals surface area contributed by atoms with E-state index in [1.807, 2.05) is 24.3 Å². The molecule has 0 bridgehead atoms. The molecule has 0 radical (unpaired) electrons. The molecule has 0 aliphatic rings. The molecule has 3 aromatic carbocycles. The quantitative estimate of drug-likeness (QED) is 0.742. The number of methoxy groups -OCH3 is 2. The van der Waals surface area contributed by atoms with Crippen LogP contribution in [0, 0.1) is 0 Å². The summed E-state index contributed by atoms with van der Waals surface area (Å²) in [6, 6.07) is 20.6. The first-order valence-corrected chi connectivity index (χ1v) is 7.70. The van der Waals surface area contributed by atoms with Crippen molar-refractivity contribution in [2.75, 3.05) is 14.2 Å². The van der Waals surface area contributed by atoms with E-state index in [9.17, 15) is 0 Å². The molecule has 0 amide bonds. The Labute approximate surface area is 136 Å². The SMILES string of the molecule is COc1cccc(CNCc2c(OC)ccc3ccccc23)c1. The van der Waals surface area contributed by atoms with Crippen molar-refractivity contribution in [1.29, 1.82) is 0 Å². The van der Waals surface area contributed by atoms with Gasteiger partial charge in [-0.15, -0.1) is 0 Å². The topological polar surface area (TPSA) is 30.5 Å². The fourth-order valence-corrected chi connectivity index (χ4v) is 2.80. The average molecular weight is 307 g/mol. The van der Waals surface area contributed by atoms with Crippen molar-refractivity contribution in [1.82, 2.24) is 5.32 Å². The zero-order valence-corrected chi connectivity index (χ0v) is 13.5. The molecule has 3 rings (SSSR count). The number of rotatable bonds is 6. The smallest absolute Gasteiger partial charge is 0.123 e. The Morgan fingerprint density at radius 1 is 0.826 bits per heavy atom. The molecule has 0 aliphatic heterocycles. The van der Waals surface area contributed by atoms with Crippen LogP contribution >= 0.6 is 0 Å². The van der Waals surface area contributed by atoms with Gasteiger partial charge in [0.25, 0.3) is 0 Å². The van der Waals surface area contributed by atoms with E-state index in [0.717, 1.165) is 24.6 Å². The predicted molar refractivity (Wildman–Crippen MR) is 94.0 cm³/mol. The number of nitrogens with one attached hydrogen (secondary N) is 1. The van der Waals surface area contributed by atoms with Crippen molar-refractivity contribution in [2.24, 2.45) is 0 Å². The highest BCUT2D eigenvalue weighted by Crippen LogP contribution is 2.27. The number of hydrogen-bond acceptors (Lipinski definition) is 3. The van der Waals surface area contributed by atoms with Gasteiger partial charge in [0.1, 0.15) is 11.5 Å². The summed E-state index contributed by atoms with van der Waals surface area (Å²) < 4.78 is 10.8. The summed E-state index contributed by atoms with van der Waals surface area (Å²) in [7, 11) is 3.41. The van der Waals surface area contributed by atoms with Crippen molar-refractivity contribution < 1.29 is 9.47 Å². The van der Waals surface area contributed by atoms with Crippen LogP contribution in [0.15, 0.2) is 60.7 Å². The van der Waals surface area contributed by atoms with Crippen LogP contribution in [0.25, 0.3) is 10.8 Å². The lowest BCUT2D eigenvalue weighted by atomic mass is 10.0. The van der Waals surface area contributed by atoms with Crippen LogP contribution in [0.2, 0.25) is 0 Å². The van der Waals surface area contributed by atoms with Crippen molar-refractivity contribution >= 4 is 10.8 Å². The third-order valence-corrected chi connectivity index (χ3v) is 3.98. The third kappa shape index (κ3) is 3.46. The second kappa shape index (κ2) is 7.16. The van der Waals surface area contributed by atoms with Gasteiger partial charge in [-0.1, -0.05) is 42.5 Å². The second-order valence-electron chi connectivity index (χ2n) is 5.42. The summed E-state index contributed by atoms with van der Waals surface area (Å²) in [5.41, 5.74) is 2.39. The lowest BCUT2D eigenvalue weighted by Crippen LogP contribution is -2.13. The molecule has 3 heteroatoms. The van der Waals surface area contributed by atoms with Crippen LogP contribution in [0.1, 0.15) is 11.1 Å². The summed E-state index contributed by atoms with van der Waals surface area (Å²) in [6.45, 7) is 1.53. The van der Waals surface area contributed by atoms with Gasteiger partial charge >= 0.3 is 0 Å². The Hall–Kier alpha value is -2.52. The fourth-order valence-electron chi connectivity index (χ4n) is 2.80.